The second-order valence-electron chi connectivity index (χ2n) is 2.36. The van der Waals surface area contributed by atoms with Crippen molar-refractivity contribution < 1.29 is 17.8 Å². The Morgan fingerprint density at radius 1 is 1.29 bits per heavy atom. The van der Waals surface area contributed by atoms with Gasteiger partial charge in [-0.3, -0.25) is 9.35 Å². The van der Waals surface area contributed by atoms with Crippen LogP contribution in [0.2, 0.25) is 0 Å². The molecule has 0 aliphatic heterocycles. The molecule has 0 aliphatic carbocycles. The summed E-state index contributed by atoms with van der Waals surface area (Å²) in [5, 5.41) is -1.07. The van der Waals surface area contributed by atoms with E-state index in [4.69, 9.17) is 4.55 Å². The molecule has 0 spiro atoms. The van der Waals surface area contributed by atoms with Crippen molar-refractivity contribution in [2.45, 2.75) is 0 Å². The lowest BCUT2D eigenvalue weighted by Crippen LogP contribution is -2.32. The van der Waals surface area contributed by atoms with Gasteiger partial charge in [-0.1, -0.05) is 30.8 Å². The maximum atomic E-state index is 10.8. The predicted octanol–water partition coefficient (Wildman–Crippen LogP) is 1.35. The number of hydrogen-bond donors (Lipinski definition) is 2. The normalized spacial score (nSPS) is 11.0. The van der Waals surface area contributed by atoms with Gasteiger partial charge in [0.2, 0.25) is 0 Å². The van der Waals surface area contributed by atoms with Crippen LogP contribution in [-0.4, -0.2) is 18.2 Å². The highest BCUT2D eigenvalue weighted by atomic mass is 32.2. The monoisotopic (exact) mass is 233 g/mol. The van der Waals surface area contributed by atoms with Crippen LogP contribution in [0, 0.1) is 0 Å². The van der Waals surface area contributed by atoms with E-state index >= 15 is 0 Å². The van der Waals surface area contributed by atoms with Crippen molar-refractivity contribution in [2.75, 3.05) is 4.31 Å². The Labute approximate surface area is 86.6 Å². The molecule has 0 atom stereocenters. The molecule has 0 radical (unpaired) electrons. The Morgan fingerprint density at radius 2 is 1.79 bits per heavy atom. The Hall–Kier alpha value is -1.05. The maximum Gasteiger partial charge on any atom is 0.367 e. The summed E-state index contributed by atoms with van der Waals surface area (Å²) in [4.78, 5) is 10.8. The molecule has 14 heavy (non-hydrogen) atoms. The Bertz CT molecular complexity index is 428. The smallest absolute Gasteiger partial charge is 0.269 e. The van der Waals surface area contributed by atoms with Crippen LogP contribution >= 0.6 is 12.6 Å². The van der Waals surface area contributed by atoms with Gasteiger partial charge in [0, 0.05) is 0 Å². The van der Waals surface area contributed by atoms with Crippen LogP contribution in [0.15, 0.2) is 30.3 Å². The summed E-state index contributed by atoms with van der Waals surface area (Å²) in [5.41, 5.74) is 0.0370. The highest BCUT2D eigenvalue weighted by Gasteiger charge is 2.24. The van der Waals surface area contributed by atoms with E-state index in [0.717, 1.165) is 0 Å². The average Bonchev–Trinajstić information content (AvgIpc) is 2.02. The van der Waals surface area contributed by atoms with Gasteiger partial charge in [-0.2, -0.15) is 12.7 Å². The molecule has 0 heterocycles. The molecule has 1 N–H and O–H groups in total. The van der Waals surface area contributed by atoms with Gasteiger partial charge in [-0.25, -0.2) is 0 Å². The summed E-state index contributed by atoms with van der Waals surface area (Å²) in [5.74, 6) is 0. The van der Waals surface area contributed by atoms with E-state index < -0.39 is 15.5 Å². The van der Waals surface area contributed by atoms with E-state index in [1.165, 1.54) is 24.3 Å². The van der Waals surface area contributed by atoms with Gasteiger partial charge in [0.05, 0.1) is 5.69 Å². The van der Waals surface area contributed by atoms with E-state index in [-0.39, 0.29) is 9.99 Å². The van der Waals surface area contributed by atoms with Gasteiger partial charge in [-0.15, -0.1) is 0 Å². The molecule has 0 aromatic heterocycles. The highest BCUT2D eigenvalue weighted by Crippen LogP contribution is 2.18. The molecule has 0 saturated heterocycles. The summed E-state index contributed by atoms with van der Waals surface area (Å²) in [7, 11) is -4.61. The zero-order valence-corrected chi connectivity index (χ0v) is 8.57. The van der Waals surface area contributed by atoms with Crippen LogP contribution in [0.5, 0.6) is 0 Å². The number of nitrogens with zero attached hydrogens (tertiary/aromatic N) is 1. The minimum Gasteiger partial charge on any atom is -0.269 e. The van der Waals surface area contributed by atoms with Crippen molar-refractivity contribution in [1.82, 2.24) is 0 Å². The van der Waals surface area contributed by atoms with Crippen molar-refractivity contribution in [1.29, 1.82) is 0 Å². The number of carbonyl (C=O) groups excluding carboxylic acids is 1. The van der Waals surface area contributed by atoms with Crippen LogP contribution in [0.25, 0.3) is 0 Å². The molecule has 1 amide bonds. The van der Waals surface area contributed by atoms with Crippen LogP contribution in [0.3, 0.4) is 0 Å². The molecule has 0 bridgehead atoms. The lowest BCUT2D eigenvalue weighted by molar-refractivity contribution is 0.267. The summed E-state index contributed by atoms with van der Waals surface area (Å²) < 4.78 is 30.5. The van der Waals surface area contributed by atoms with Gasteiger partial charge in [-0.05, 0) is 12.1 Å². The van der Waals surface area contributed by atoms with Gasteiger partial charge in [0.25, 0.3) is 5.24 Å². The molecule has 0 saturated carbocycles. The fraction of sp³-hybridized carbons (Fsp3) is 0. The Kier molecular flexibility index (Phi) is 3.14. The molecule has 7 heteroatoms. The summed E-state index contributed by atoms with van der Waals surface area (Å²) >= 11 is 3.35. The van der Waals surface area contributed by atoms with E-state index in [2.05, 4.69) is 12.6 Å². The molecule has 0 fully saturated rings. The zero-order valence-electron chi connectivity index (χ0n) is 6.86. The number of amides is 1. The van der Waals surface area contributed by atoms with Crippen molar-refractivity contribution in [2.24, 2.45) is 0 Å². The van der Waals surface area contributed by atoms with Crippen LogP contribution in [-0.2, 0) is 10.3 Å². The van der Waals surface area contributed by atoms with Crippen LogP contribution < -0.4 is 4.31 Å². The molecule has 0 aliphatic rings. The number of hydrogen-bond acceptors (Lipinski definition) is 3. The third-order valence-electron chi connectivity index (χ3n) is 1.40. The first-order chi connectivity index (χ1) is 6.43. The Morgan fingerprint density at radius 3 is 2.14 bits per heavy atom. The fourth-order valence-corrected chi connectivity index (χ4v) is 1.92. The summed E-state index contributed by atoms with van der Waals surface area (Å²) in [6.07, 6.45) is 0. The third kappa shape index (κ3) is 2.47. The fourth-order valence-electron chi connectivity index (χ4n) is 0.906. The average molecular weight is 233 g/mol. The van der Waals surface area contributed by atoms with Crippen LogP contribution in [0.1, 0.15) is 0 Å². The van der Waals surface area contributed by atoms with Crippen LogP contribution in [0.4, 0.5) is 10.5 Å². The molecule has 0 unspecified atom stereocenters. The van der Waals surface area contributed by atoms with Gasteiger partial charge >= 0.3 is 10.3 Å². The number of anilines is 1. The predicted molar refractivity (Wildman–Crippen MR) is 54.9 cm³/mol. The third-order valence-corrected chi connectivity index (χ3v) is 2.57. The SMILES string of the molecule is O=C(S)N(c1ccccc1)S(=O)(=O)O. The first kappa shape index (κ1) is 11.0. The number of rotatable bonds is 2. The van der Waals surface area contributed by atoms with Gasteiger partial charge in [0.1, 0.15) is 0 Å². The molecule has 1 aromatic rings. The molecular weight excluding hydrogens is 226 g/mol. The van der Waals surface area contributed by atoms with E-state index in [1.54, 1.807) is 6.07 Å². The second kappa shape index (κ2) is 3.99. The first-order valence-corrected chi connectivity index (χ1v) is 5.33. The molecular formula is C7H7NO4S2. The van der Waals surface area contributed by atoms with Gasteiger partial charge < -0.3 is 0 Å². The largest absolute Gasteiger partial charge is 0.367 e. The minimum atomic E-state index is -4.61. The minimum absolute atomic E-state index is 0.0370. The lowest BCUT2D eigenvalue weighted by Gasteiger charge is -2.15. The van der Waals surface area contributed by atoms with E-state index in [9.17, 15) is 13.2 Å². The summed E-state index contributed by atoms with van der Waals surface area (Å²) in [6.45, 7) is 0. The summed E-state index contributed by atoms with van der Waals surface area (Å²) in [6, 6.07) is 7.44. The first-order valence-electron chi connectivity index (χ1n) is 3.48. The standard InChI is InChI=1S/C7H7NO4S2/c9-7(13)8(14(10,11)12)6-4-2-1-3-5-6/h1-5H,(H,9,13)(H,10,11,12). The second-order valence-corrected chi connectivity index (χ2v) is 4.00. The number of thiol groups is 1. The zero-order chi connectivity index (χ0) is 10.8. The molecule has 76 valence electrons. The van der Waals surface area contributed by atoms with Crippen molar-refractivity contribution in [3.05, 3.63) is 30.3 Å². The van der Waals surface area contributed by atoms with Crippen molar-refractivity contribution in [3.8, 4) is 0 Å². The topological polar surface area (TPSA) is 74.7 Å². The molecule has 1 rings (SSSR count). The molecule has 5 nitrogen and oxygen atoms in total. The number of benzene rings is 1. The quantitative estimate of drug-likeness (QED) is 0.597. The molecule has 1 aromatic carbocycles. The Balaban J connectivity index is 3.22. The lowest BCUT2D eigenvalue weighted by atomic mass is 10.3. The highest BCUT2D eigenvalue weighted by molar-refractivity contribution is 8.00. The van der Waals surface area contributed by atoms with Crippen molar-refractivity contribution >= 4 is 33.9 Å². The van der Waals surface area contributed by atoms with E-state index in [1.807, 2.05) is 0 Å². The number of para-hydroxylation sites is 1. The van der Waals surface area contributed by atoms with Gasteiger partial charge in [0.15, 0.2) is 0 Å². The maximum absolute atomic E-state index is 10.8. The van der Waals surface area contributed by atoms with Crippen molar-refractivity contribution in [3.63, 3.8) is 0 Å². The number of carbonyl (C=O) groups is 1. The van der Waals surface area contributed by atoms with E-state index in [0.29, 0.717) is 0 Å².